The fraction of sp³-hybridized carbons (Fsp3) is 0.375. The van der Waals surface area contributed by atoms with E-state index >= 15 is 0 Å². The van der Waals surface area contributed by atoms with Gasteiger partial charge in [-0.05, 0) is 42.7 Å². The summed E-state index contributed by atoms with van der Waals surface area (Å²) in [4.78, 5) is 21.7. The number of rotatable bonds is 6. The van der Waals surface area contributed by atoms with Gasteiger partial charge in [0.2, 0.25) is 12.7 Å². The molecule has 31 heavy (non-hydrogen) atoms. The van der Waals surface area contributed by atoms with Gasteiger partial charge in [-0.15, -0.1) is 11.3 Å². The lowest BCUT2D eigenvalue weighted by Crippen LogP contribution is -2.42. The van der Waals surface area contributed by atoms with Crippen molar-refractivity contribution in [3.8, 4) is 22.2 Å². The molecule has 1 saturated carbocycles. The smallest absolute Gasteiger partial charge is 0.231 e. The Bertz CT molecular complexity index is 1060. The predicted molar refractivity (Wildman–Crippen MR) is 119 cm³/mol. The number of carbonyl (C=O) groups excluding carboxylic acids is 1. The van der Waals surface area contributed by atoms with E-state index in [9.17, 15) is 4.79 Å². The lowest BCUT2D eigenvalue weighted by molar-refractivity contribution is -0.120. The quantitative estimate of drug-likeness (QED) is 0.617. The van der Waals surface area contributed by atoms with E-state index in [-0.39, 0.29) is 24.5 Å². The highest BCUT2D eigenvalue weighted by atomic mass is 32.1. The molecule has 1 N–H and O–H groups in total. The first-order chi connectivity index (χ1) is 15.2. The summed E-state index contributed by atoms with van der Waals surface area (Å²) in [5, 5.41) is 5.98. The number of aromatic nitrogens is 2. The standard InChI is InChI=1S/C24H25N3O3S/c28-22(13-18-14-31-23(27-18)19-6-2-5-11-25-19)26-15-24(9-3-1-4-10-24)17-7-8-20-21(12-17)30-16-29-20/h2,5-8,11-12,14H,1,3-4,9-10,13,15-16H2,(H,26,28). The molecular weight excluding hydrogens is 410 g/mol. The molecule has 0 saturated heterocycles. The van der Waals surface area contributed by atoms with Crippen molar-refractivity contribution in [2.24, 2.45) is 0 Å². The van der Waals surface area contributed by atoms with Gasteiger partial charge < -0.3 is 14.8 Å². The van der Waals surface area contributed by atoms with E-state index in [4.69, 9.17) is 9.47 Å². The molecule has 0 atom stereocenters. The zero-order chi connectivity index (χ0) is 21.1. The highest BCUT2D eigenvalue weighted by molar-refractivity contribution is 7.13. The molecule has 1 fully saturated rings. The first kappa shape index (κ1) is 20.0. The van der Waals surface area contributed by atoms with E-state index in [1.54, 1.807) is 6.20 Å². The van der Waals surface area contributed by atoms with E-state index in [1.165, 1.54) is 36.2 Å². The maximum Gasteiger partial charge on any atom is 0.231 e. The number of hydrogen-bond acceptors (Lipinski definition) is 6. The molecule has 0 bridgehead atoms. The maximum absolute atomic E-state index is 12.8. The van der Waals surface area contributed by atoms with Crippen LogP contribution in [0.5, 0.6) is 11.5 Å². The van der Waals surface area contributed by atoms with E-state index in [2.05, 4.69) is 27.4 Å². The zero-order valence-corrected chi connectivity index (χ0v) is 18.1. The number of hydrogen-bond donors (Lipinski definition) is 1. The fourth-order valence-electron chi connectivity index (χ4n) is 4.51. The van der Waals surface area contributed by atoms with Gasteiger partial charge in [-0.25, -0.2) is 4.98 Å². The third-order valence-electron chi connectivity index (χ3n) is 6.20. The molecule has 1 aromatic carbocycles. The minimum Gasteiger partial charge on any atom is -0.454 e. The second kappa shape index (κ2) is 8.67. The van der Waals surface area contributed by atoms with Crippen LogP contribution in [0.25, 0.3) is 10.7 Å². The van der Waals surface area contributed by atoms with Crippen molar-refractivity contribution in [1.29, 1.82) is 0 Å². The molecule has 0 radical (unpaired) electrons. The molecule has 7 heteroatoms. The zero-order valence-electron chi connectivity index (χ0n) is 17.3. The van der Waals surface area contributed by atoms with Crippen molar-refractivity contribution < 1.29 is 14.3 Å². The molecule has 1 amide bonds. The Kier molecular flexibility index (Phi) is 5.59. The molecular formula is C24H25N3O3S. The van der Waals surface area contributed by atoms with Crippen molar-refractivity contribution in [3.63, 3.8) is 0 Å². The summed E-state index contributed by atoms with van der Waals surface area (Å²) in [6, 6.07) is 12.0. The maximum atomic E-state index is 12.8. The van der Waals surface area contributed by atoms with Crippen LogP contribution < -0.4 is 14.8 Å². The molecule has 0 spiro atoms. The average Bonchev–Trinajstić information content (AvgIpc) is 3.48. The Morgan fingerprint density at radius 3 is 2.81 bits per heavy atom. The monoisotopic (exact) mass is 435 g/mol. The normalized spacial score (nSPS) is 16.8. The molecule has 1 aliphatic carbocycles. The van der Waals surface area contributed by atoms with Gasteiger partial charge >= 0.3 is 0 Å². The predicted octanol–water partition coefficient (Wildman–Crippen LogP) is 4.49. The Morgan fingerprint density at radius 2 is 1.97 bits per heavy atom. The van der Waals surface area contributed by atoms with Crippen LogP contribution in [-0.2, 0) is 16.6 Å². The molecule has 2 aliphatic rings. The summed E-state index contributed by atoms with van der Waals surface area (Å²) in [5.74, 6) is 1.60. The van der Waals surface area contributed by atoms with Crippen LogP contribution in [0, 0.1) is 0 Å². The van der Waals surface area contributed by atoms with Crippen LogP contribution in [0.1, 0.15) is 43.4 Å². The molecule has 3 aromatic rings. The highest BCUT2D eigenvalue weighted by Gasteiger charge is 2.35. The first-order valence-electron chi connectivity index (χ1n) is 10.7. The largest absolute Gasteiger partial charge is 0.454 e. The van der Waals surface area contributed by atoms with Crippen molar-refractivity contribution in [2.45, 2.75) is 43.9 Å². The average molecular weight is 436 g/mol. The van der Waals surface area contributed by atoms with E-state index in [1.807, 2.05) is 29.6 Å². The number of nitrogens with zero attached hydrogens (tertiary/aromatic N) is 2. The highest BCUT2D eigenvalue weighted by Crippen LogP contribution is 2.43. The summed E-state index contributed by atoms with van der Waals surface area (Å²) in [5.41, 5.74) is 2.78. The van der Waals surface area contributed by atoms with Gasteiger partial charge in [0.25, 0.3) is 0 Å². The number of carbonyl (C=O) groups is 1. The summed E-state index contributed by atoms with van der Waals surface area (Å²) in [7, 11) is 0. The van der Waals surface area contributed by atoms with Crippen LogP contribution in [0.3, 0.4) is 0 Å². The Labute approximate surface area is 185 Å². The van der Waals surface area contributed by atoms with Crippen molar-refractivity contribution in [2.75, 3.05) is 13.3 Å². The van der Waals surface area contributed by atoms with Crippen LogP contribution >= 0.6 is 11.3 Å². The number of thiazole rings is 1. The van der Waals surface area contributed by atoms with Gasteiger partial charge in [0.05, 0.1) is 17.8 Å². The van der Waals surface area contributed by atoms with Gasteiger partial charge in [0.15, 0.2) is 11.5 Å². The number of benzene rings is 1. The van der Waals surface area contributed by atoms with Crippen molar-refractivity contribution in [3.05, 3.63) is 59.2 Å². The van der Waals surface area contributed by atoms with E-state index in [0.29, 0.717) is 6.54 Å². The van der Waals surface area contributed by atoms with Gasteiger partial charge in [-0.2, -0.15) is 0 Å². The molecule has 160 valence electrons. The van der Waals surface area contributed by atoms with Gasteiger partial charge in [0, 0.05) is 23.5 Å². The summed E-state index contributed by atoms with van der Waals surface area (Å²) >= 11 is 1.52. The SMILES string of the molecule is O=C(Cc1csc(-c2ccccn2)n1)NCC1(c2ccc3c(c2)OCO3)CCCCC1. The first-order valence-corrected chi connectivity index (χ1v) is 11.6. The van der Waals surface area contributed by atoms with Gasteiger partial charge in [-0.1, -0.05) is 31.4 Å². The van der Waals surface area contributed by atoms with Gasteiger partial charge in [0.1, 0.15) is 5.01 Å². The Hall–Kier alpha value is -2.93. The molecule has 2 aromatic heterocycles. The van der Waals surface area contributed by atoms with Crippen LogP contribution in [0.15, 0.2) is 48.0 Å². The number of fused-ring (bicyclic) bond motifs is 1. The Balaban J connectivity index is 1.27. The van der Waals surface area contributed by atoms with E-state index in [0.717, 1.165) is 40.7 Å². The lowest BCUT2D eigenvalue weighted by Gasteiger charge is -2.38. The molecule has 1 aliphatic heterocycles. The fourth-order valence-corrected chi connectivity index (χ4v) is 5.31. The van der Waals surface area contributed by atoms with Crippen LogP contribution in [0.2, 0.25) is 0 Å². The van der Waals surface area contributed by atoms with Gasteiger partial charge in [-0.3, -0.25) is 9.78 Å². The van der Waals surface area contributed by atoms with Crippen molar-refractivity contribution >= 4 is 17.2 Å². The van der Waals surface area contributed by atoms with Crippen LogP contribution in [0.4, 0.5) is 0 Å². The minimum atomic E-state index is -0.0594. The third kappa shape index (κ3) is 4.28. The summed E-state index contributed by atoms with van der Waals surface area (Å²) in [6.07, 6.45) is 7.74. The number of amides is 1. The summed E-state index contributed by atoms with van der Waals surface area (Å²) < 4.78 is 11.1. The number of ether oxygens (including phenoxy) is 2. The Morgan fingerprint density at radius 1 is 1.10 bits per heavy atom. The molecule has 5 rings (SSSR count). The third-order valence-corrected chi connectivity index (χ3v) is 7.11. The number of pyridine rings is 1. The lowest BCUT2D eigenvalue weighted by atomic mass is 9.69. The molecule has 6 nitrogen and oxygen atoms in total. The molecule has 0 unspecified atom stereocenters. The second-order valence-electron chi connectivity index (χ2n) is 8.22. The van der Waals surface area contributed by atoms with Crippen LogP contribution in [-0.4, -0.2) is 29.2 Å². The second-order valence-corrected chi connectivity index (χ2v) is 9.08. The molecule has 3 heterocycles. The minimum absolute atomic E-state index is 0.00330. The van der Waals surface area contributed by atoms with E-state index < -0.39 is 0 Å². The number of nitrogens with one attached hydrogen (secondary N) is 1. The van der Waals surface area contributed by atoms with Crippen molar-refractivity contribution in [1.82, 2.24) is 15.3 Å². The summed E-state index contributed by atoms with van der Waals surface area (Å²) in [6.45, 7) is 0.902. The topological polar surface area (TPSA) is 73.3 Å².